The predicted molar refractivity (Wildman–Crippen MR) is 63.3 cm³/mol. The highest BCUT2D eigenvalue weighted by atomic mass is 35.5. The number of benzene rings is 1. The summed E-state index contributed by atoms with van der Waals surface area (Å²) in [4.78, 5) is 15.1. The molecule has 1 N–H and O–H groups in total. The van der Waals surface area contributed by atoms with Gasteiger partial charge in [-0.3, -0.25) is 0 Å². The van der Waals surface area contributed by atoms with Gasteiger partial charge in [-0.05, 0) is 23.8 Å². The molecular weight excluding hydrogens is 246 g/mol. The van der Waals surface area contributed by atoms with E-state index < -0.39 is 5.97 Å². The van der Waals surface area contributed by atoms with Gasteiger partial charge < -0.3 is 5.11 Å². The fraction of sp³-hybridized carbons (Fsp3) is 0.0909. The molecule has 0 aliphatic carbocycles. The lowest BCUT2D eigenvalue weighted by Crippen LogP contribution is -2.02. The quantitative estimate of drug-likeness (QED) is 0.915. The van der Waals surface area contributed by atoms with Crippen LogP contribution < -0.4 is 0 Å². The number of hydrogen-bond donors (Lipinski definition) is 1. The maximum Gasteiger partial charge on any atom is 0.335 e. The van der Waals surface area contributed by atoms with Crippen LogP contribution in [0.3, 0.4) is 0 Å². The molecule has 5 heteroatoms. The summed E-state index contributed by atoms with van der Waals surface area (Å²) < 4.78 is 0. The van der Waals surface area contributed by atoms with Crippen LogP contribution in [0, 0.1) is 0 Å². The van der Waals surface area contributed by atoms with E-state index in [0.29, 0.717) is 17.0 Å². The monoisotopic (exact) mass is 253 g/mol. The molecule has 0 spiro atoms. The second-order valence-electron chi connectivity index (χ2n) is 3.21. The van der Waals surface area contributed by atoms with Crippen LogP contribution in [-0.4, -0.2) is 16.1 Å². The Kier molecular flexibility index (Phi) is 3.22. The molecule has 0 amide bonds. The van der Waals surface area contributed by atoms with Crippen LogP contribution in [0.15, 0.2) is 29.8 Å². The molecule has 0 saturated heterocycles. The van der Waals surface area contributed by atoms with Gasteiger partial charge in [-0.25, -0.2) is 9.78 Å². The summed E-state index contributed by atoms with van der Waals surface area (Å²) in [7, 11) is 0. The van der Waals surface area contributed by atoms with Crippen LogP contribution in [-0.2, 0) is 6.42 Å². The summed E-state index contributed by atoms with van der Waals surface area (Å²) in [6.07, 6.45) is 2.20. The van der Waals surface area contributed by atoms with Gasteiger partial charge in [0, 0.05) is 23.0 Å². The van der Waals surface area contributed by atoms with Crippen molar-refractivity contribution in [3.8, 4) is 0 Å². The van der Waals surface area contributed by atoms with Crippen molar-refractivity contribution in [3.63, 3.8) is 0 Å². The van der Waals surface area contributed by atoms with Crippen molar-refractivity contribution < 1.29 is 9.90 Å². The zero-order chi connectivity index (χ0) is 11.5. The van der Waals surface area contributed by atoms with Crippen LogP contribution in [0.25, 0.3) is 0 Å². The van der Waals surface area contributed by atoms with E-state index in [0.717, 1.165) is 5.01 Å². The lowest BCUT2D eigenvalue weighted by atomic mass is 10.1. The number of nitrogens with zero attached hydrogens (tertiary/aromatic N) is 1. The lowest BCUT2D eigenvalue weighted by Gasteiger charge is -2.04. The van der Waals surface area contributed by atoms with E-state index in [9.17, 15) is 4.79 Å². The Labute approximate surface area is 101 Å². The number of carboxylic acid groups (broad SMARTS) is 1. The molecule has 0 aliphatic rings. The number of carbonyl (C=O) groups is 1. The molecular formula is C11H8ClNO2S. The van der Waals surface area contributed by atoms with Crippen molar-refractivity contribution >= 4 is 28.9 Å². The number of thiazole rings is 1. The maximum atomic E-state index is 11.0. The molecule has 82 valence electrons. The van der Waals surface area contributed by atoms with Crippen LogP contribution in [0.2, 0.25) is 5.02 Å². The second kappa shape index (κ2) is 4.63. The van der Waals surface area contributed by atoms with Gasteiger partial charge in [0.25, 0.3) is 0 Å². The van der Waals surface area contributed by atoms with Crippen LogP contribution in [0.4, 0.5) is 0 Å². The number of halogens is 1. The summed E-state index contributed by atoms with van der Waals surface area (Å²) in [5.74, 6) is -0.941. The predicted octanol–water partition coefficient (Wildman–Crippen LogP) is 3.09. The van der Waals surface area contributed by atoms with E-state index in [1.165, 1.54) is 17.4 Å². The summed E-state index contributed by atoms with van der Waals surface area (Å²) in [6, 6.07) is 4.77. The van der Waals surface area contributed by atoms with Gasteiger partial charge in [0.2, 0.25) is 0 Å². The van der Waals surface area contributed by atoms with E-state index in [2.05, 4.69) is 4.98 Å². The van der Waals surface area contributed by atoms with E-state index in [1.54, 1.807) is 18.3 Å². The third-order valence-electron chi connectivity index (χ3n) is 2.12. The Balaban J connectivity index is 2.38. The molecule has 3 nitrogen and oxygen atoms in total. The van der Waals surface area contributed by atoms with Gasteiger partial charge in [0.15, 0.2) is 0 Å². The smallest absolute Gasteiger partial charge is 0.335 e. The number of aromatic carboxylic acids is 1. The van der Waals surface area contributed by atoms with Crippen LogP contribution in [0.5, 0.6) is 0 Å². The molecule has 1 heterocycles. The normalized spacial score (nSPS) is 10.3. The van der Waals surface area contributed by atoms with Crippen LogP contribution >= 0.6 is 22.9 Å². The van der Waals surface area contributed by atoms with Crippen molar-refractivity contribution in [2.75, 3.05) is 0 Å². The topological polar surface area (TPSA) is 50.2 Å². The molecule has 0 unspecified atom stereocenters. The third kappa shape index (κ3) is 2.40. The van der Waals surface area contributed by atoms with Crippen molar-refractivity contribution in [1.29, 1.82) is 0 Å². The standard InChI is InChI=1S/C11H8ClNO2S/c12-8-1-2-9(11(14)15)7(5-8)6-10-13-3-4-16-10/h1-5H,6H2,(H,14,15). The molecule has 0 fully saturated rings. The number of aromatic nitrogens is 1. The van der Waals surface area contributed by atoms with E-state index >= 15 is 0 Å². The van der Waals surface area contributed by atoms with E-state index in [1.807, 2.05) is 5.38 Å². The summed E-state index contributed by atoms with van der Waals surface area (Å²) in [5.41, 5.74) is 0.967. The van der Waals surface area contributed by atoms with E-state index in [4.69, 9.17) is 16.7 Å². The van der Waals surface area contributed by atoms with Gasteiger partial charge in [-0.1, -0.05) is 11.6 Å². The fourth-order valence-electron chi connectivity index (χ4n) is 1.42. The number of rotatable bonds is 3. The van der Waals surface area contributed by atoms with E-state index in [-0.39, 0.29) is 5.56 Å². The van der Waals surface area contributed by atoms with Crippen LogP contribution in [0.1, 0.15) is 20.9 Å². The Hall–Kier alpha value is -1.39. The molecule has 1 aromatic heterocycles. The van der Waals surface area contributed by atoms with Gasteiger partial charge in [0.1, 0.15) is 0 Å². The minimum Gasteiger partial charge on any atom is -0.478 e. The lowest BCUT2D eigenvalue weighted by molar-refractivity contribution is 0.0696. The molecule has 0 aliphatic heterocycles. The number of hydrogen-bond acceptors (Lipinski definition) is 3. The first-order valence-corrected chi connectivity index (χ1v) is 5.82. The van der Waals surface area contributed by atoms with Gasteiger partial charge in [0.05, 0.1) is 10.6 Å². The second-order valence-corrected chi connectivity index (χ2v) is 4.62. The Morgan fingerprint density at radius 3 is 2.94 bits per heavy atom. The molecule has 0 atom stereocenters. The van der Waals surface area contributed by atoms with Gasteiger partial charge in [-0.15, -0.1) is 11.3 Å². The van der Waals surface area contributed by atoms with Crippen molar-refractivity contribution in [2.24, 2.45) is 0 Å². The van der Waals surface area contributed by atoms with Crippen molar-refractivity contribution in [1.82, 2.24) is 4.98 Å². The molecule has 0 saturated carbocycles. The Morgan fingerprint density at radius 2 is 2.31 bits per heavy atom. The minimum absolute atomic E-state index is 0.277. The van der Waals surface area contributed by atoms with Gasteiger partial charge in [-0.2, -0.15) is 0 Å². The van der Waals surface area contributed by atoms with Crippen molar-refractivity contribution in [3.05, 3.63) is 50.9 Å². The largest absolute Gasteiger partial charge is 0.478 e. The Morgan fingerprint density at radius 1 is 1.50 bits per heavy atom. The zero-order valence-electron chi connectivity index (χ0n) is 8.18. The first kappa shape index (κ1) is 11.1. The third-order valence-corrected chi connectivity index (χ3v) is 3.14. The SMILES string of the molecule is O=C(O)c1ccc(Cl)cc1Cc1nccs1. The fourth-order valence-corrected chi connectivity index (χ4v) is 2.25. The summed E-state index contributed by atoms with van der Waals surface area (Å²) in [6.45, 7) is 0. The minimum atomic E-state index is -0.941. The first-order chi connectivity index (χ1) is 7.66. The first-order valence-electron chi connectivity index (χ1n) is 4.57. The molecule has 0 radical (unpaired) electrons. The average molecular weight is 254 g/mol. The molecule has 2 rings (SSSR count). The number of carboxylic acids is 1. The van der Waals surface area contributed by atoms with Gasteiger partial charge >= 0.3 is 5.97 Å². The van der Waals surface area contributed by atoms with Crippen molar-refractivity contribution in [2.45, 2.75) is 6.42 Å². The highest BCUT2D eigenvalue weighted by Gasteiger charge is 2.11. The Bertz CT molecular complexity index is 511. The molecule has 2 aromatic rings. The zero-order valence-corrected chi connectivity index (χ0v) is 9.76. The summed E-state index contributed by atoms with van der Waals surface area (Å²) >= 11 is 7.35. The molecule has 0 bridgehead atoms. The average Bonchev–Trinajstić information content (AvgIpc) is 2.70. The maximum absolute atomic E-state index is 11.0. The highest BCUT2D eigenvalue weighted by Crippen LogP contribution is 2.20. The summed E-state index contributed by atoms with van der Waals surface area (Å²) in [5, 5.41) is 12.3. The highest BCUT2D eigenvalue weighted by molar-refractivity contribution is 7.09. The molecule has 1 aromatic carbocycles. The molecule has 16 heavy (non-hydrogen) atoms.